The van der Waals surface area contributed by atoms with E-state index in [-0.39, 0.29) is 6.42 Å². The van der Waals surface area contributed by atoms with Gasteiger partial charge in [0.05, 0.1) is 13.0 Å². The first kappa shape index (κ1) is 16.7. The third kappa shape index (κ3) is 3.32. The van der Waals surface area contributed by atoms with Gasteiger partial charge in [-0.1, -0.05) is 18.2 Å². The second-order valence-electron chi connectivity index (χ2n) is 6.88. The van der Waals surface area contributed by atoms with Gasteiger partial charge in [-0.05, 0) is 61.6 Å². The number of carbonyl (C=O) groups is 1. The number of carboxylic acids is 1. The summed E-state index contributed by atoms with van der Waals surface area (Å²) in [5, 5.41) is 10.3. The van der Waals surface area contributed by atoms with Crippen molar-refractivity contribution in [1.82, 2.24) is 4.57 Å². The molecule has 0 unspecified atom stereocenters. The summed E-state index contributed by atoms with van der Waals surface area (Å²) in [6, 6.07) is 16.8. The molecule has 0 atom stereocenters. The number of fused-ring (bicyclic) bond motifs is 1. The van der Waals surface area contributed by atoms with Crippen molar-refractivity contribution in [3.8, 4) is 17.0 Å². The molecule has 1 aliphatic carbocycles. The van der Waals surface area contributed by atoms with Crippen LogP contribution in [0.2, 0.25) is 0 Å². The standard InChI is InChI=1S/C22H23NO3/c1-2-26-19-5-3-4-17(13-19)21-14-18-12-16(15-6-7-15)8-9-20(18)23(21)11-10-22(24)25/h3-5,8-9,12-15H,2,6-7,10-11H2,1H3,(H,24,25). The predicted octanol–water partition coefficient (Wildman–Crippen LogP) is 5.06. The zero-order valence-electron chi connectivity index (χ0n) is 14.9. The number of ether oxygens (including phenoxy) is 1. The molecule has 4 nitrogen and oxygen atoms in total. The predicted molar refractivity (Wildman–Crippen MR) is 103 cm³/mol. The minimum atomic E-state index is -0.782. The fraction of sp³-hybridized carbons (Fsp3) is 0.318. The number of nitrogens with zero attached hydrogens (tertiary/aromatic N) is 1. The van der Waals surface area contributed by atoms with Crippen molar-refractivity contribution in [3.05, 3.63) is 54.1 Å². The number of benzene rings is 2. The van der Waals surface area contributed by atoms with Crippen LogP contribution >= 0.6 is 0 Å². The molecule has 0 radical (unpaired) electrons. The van der Waals surface area contributed by atoms with E-state index in [0.717, 1.165) is 22.5 Å². The van der Waals surface area contributed by atoms with E-state index in [0.29, 0.717) is 19.1 Å². The van der Waals surface area contributed by atoms with E-state index >= 15 is 0 Å². The lowest BCUT2D eigenvalue weighted by Gasteiger charge is -2.11. The van der Waals surface area contributed by atoms with E-state index in [1.807, 2.05) is 25.1 Å². The summed E-state index contributed by atoms with van der Waals surface area (Å²) in [6.45, 7) is 3.04. The summed E-state index contributed by atoms with van der Waals surface area (Å²) < 4.78 is 7.75. The number of rotatable bonds is 7. The van der Waals surface area contributed by atoms with Gasteiger partial charge < -0.3 is 14.4 Å². The van der Waals surface area contributed by atoms with Gasteiger partial charge in [0.25, 0.3) is 0 Å². The van der Waals surface area contributed by atoms with Crippen LogP contribution in [0.25, 0.3) is 22.2 Å². The highest BCUT2D eigenvalue weighted by Crippen LogP contribution is 2.41. The molecular formula is C22H23NO3. The average molecular weight is 349 g/mol. The Bertz CT molecular complexity index is 953. The van der Waals surface area contributed by atoms with E-state index in [1.165, 1.54) is 23.8 Å². The monoisotopic (exact) mass is 349 g/mol. The first-order chi connectivity index (χ1) is 12.7. The zero-order valence-corrected chi connectivity index (χ0v) is 14.9. The Labute approximate surface area is 153 Å². The van der Waals surface area contributed by atoms with Crippen LogP contribution in [-0.2, 0) is 11.3 Å². The molecule has 1 saturated carbocycles. The van der Waals surface area contributed by atoms with Crippen LogP contribution in [0.3, 0.4) is 0 Å². The summed E-state index contributed by atoms with van der Waals surface area (Å²) in [5.41, 5.74) is 4.57. The van der Waals surface area contributed by atoms with Crippen molar-refractivity contribution in [1.29, 1.82) is 0 Å². The molecule has 26 heavy (non-hydrogen) atoms. The number of hydrogen-bond donors (Lipinski definition) is 1. The highest BCUT2D eigenvalue weighted by molar-refractivity contribution is 5.88. The van der Waals surface area contributed by atoms with Crippen LogP contribution in [0.4, 0.5) is 0 Å². The molecule has 4 heteroatoms. The van der Waals surface area contributed by atoms with E-state index in [9.17, 15) is 4.79 Å². The molecule has 0 aliphatic heterocycles. The molecule has 1 fully saturated rings. The van der Waals surface area contributed by atoms with Crippen molar-refractivity contribution in [2.75, 3.05) is 6.61 Å². The fourth-order valence-electron chi connectivity index (χ4n) is 3.56. The Morgan fingerprint density at radius 1 is 1.19 bits per heavy atom. The molecule has 0 amide bonds. The summed E-state index contributed by atoms with van der Waals surface area (Å²) in [5.74, 6) is 0.751. The average Bonchev–Trinajstić information content (AvgIpc) is 3.41. The van der Waals surface area contributed by atoms with Gasteiger partial charge in [-0.25, -0.2) is 0 Å². The lowest BCUT2D eigenvalue weighted by molar-refractivity contribution is -0.137. The molecular weight excluding hydrogens is 326 g/mol. The second-order valence-corrected chi connectivity index (χ2v) is 6.88. The van der Waals surface area contributed by atoms with E-state index in [2.05, 4.69) is 34.9 Å². The van der Waals surface area contributed by atoms with Gasteiger partial charge in [-0.3, -0.25) is 4.79 Å². The molecule has 4 rings (SSSR count). The fourth-order valence-corrected chi connectivity index (χ4v) is 3.56. The van der Waals surface area contributed by atoms with Gasteiger partial charge in [0.2, 0.25) is 0 Å². The maximum absolute atomic E-state index is 11.1. The number of aromatic nitrogens is 1. The van der Waals surface area contributed by atoms with E-state index in [1.54, 1.807) is 0 Å². The molecule has 1 aromatic heterocycles. The Hall–Kier alpha value is -2.75. The topological polar surface area (TPSA) is 51.5 Å². The van der Waals surface area contributed by atoms with Gasteiger partial charge in [0.1, 0.15) is 5.75 Å². The van der Waals surface area contributed by atoms with Crippen LogP contribution in [0, 0.1) is 0 Å². The smallest absolute Gasteiger partial charge is 0.305 e. The van der Waals surface area contributed by atoms with Crippen LogP contribution in [0.5, 0.6) is 5.75 Å². The lowest BCUT2D eigenvalue weighted by Crippen LogP contribution is -2.05. The zero-order chi connectivity index (χ0) is 18.1. The number of aliphatic carboxylic acids is 1. The molecule has 3 aromatic rings. The third-order valence-electron chi connectivity index (χ3n) is 4.96. The molecule has 0 bridgehead atoms. The molecule has 0 spiro atoms. The highest BCUT2D eigenvalue weighted by atomic mass is 16.5. The Morgan fingerprint density at radius 2 is 2.04 bits per heavy atom. The third-order valence-corrected chi connectivity index (χ3v) is 4.96. The van der Waals surface area contributed by atoms with Gasteiger partial charge in [-0.15, -0.1) is 0 Å². The molecule has 134 valence electrons. The summed E-state index contributed by atoms with van der Waals surface area (Å²) in [6.07, 6.45) is 2.65. The first-order valence-electron chi connectivity index (χ1n) is 9.24. The SMILES string of the molecule is CCOc1cccc(-c2cc3cc(C4CC4)ccc3n2CCC(=O)O)c1. The van der Waals surface area contributed by atoms with Crippen molar-refractivity contribution in [2.24, 2.45) is 0 Å². The van der Waals surface area contributed by atoms with Crippen LogP contribution in [0.15, 0.2) is 48.5 Å². The minimum absolute atomic E-state index is 0.103. The molecule has 1 heterocycles. The number of aryl methyl sites for hydroxylation is 1. The Morgan fingerprint density at radius 3 is 2.77 bits per heavy atom. The maximum Gasteiger partial charge on any atom is 0.305 e. The normalized spacial score (nSPS) is 13.9. The lowest BCUT2D eigenvalue weighted by atomic mass is 10.1. The van der Waals surface area contributed by atoms with Crippen LogP contribution in [-0.4, -0.2) is 22.2 Å². The molecule has 0 saturated heterocycles. The van der Waals surface area contributed by atoms with Crippen molar-refractivity contribution in [3.63, 3.8) is 0 Å². The number of carboxylic acid groups (broad SMARTS) is 1. The molecule has 1 aliphatic rings. The summed E-state index contributed by atoms with van der Waals surface area (Å²) in [4.78, 5) is 11.1. The van der Waals surface area contributed by atoms with Crippen molar-refractivity contribution < 1.29 is 14.6 Å². The van der Waals surface area contributed by atoms with Crippen LogP contribution in [0.1, 0.15) is 37.7 Å². The van der Waals surface area contributed by atoms with E-state index < -0.39 is 5.97 Å². The summed E-state index contributed by atoms with van der Waals surface area (Å²) >= 11 is 0. The quantitative estimate of drug-likeness (QED) is 0.649. The molecule has 2 aromatic carbocycles. The largest absolute Gasteiger partial charge is 0.494 e. The maximum atomic E-state index is 11.1. The van der Waals surface area contributed by atoms with Crippen LogP contribution < -0.4 is 4.74 Å². The Balaban J connectivity index is 1.81. The summed E-state index contributed by atoms with van der Waals surface area (Å²) in [7, 11) is 0. The Kier molecular flexibility index (Phi) is 4.41. The van der Waals surface area contributed by atoms with E-state index in [4.69, 9.17) is 9.84 Å². The van der Waals surface area contributed by atoms with Gasteiger partial charge >= 0.3 is 5.97 Å². The molecule has 1 N–H and O–H groups in total. The van der Waals surface area contributed by atoms with Crippen molar-refractivity contribution >= 4 is 16.9 Å². The van der Waals surface area contributed by atoms with Gasteiger partial charge in [0.15, 0.2) is 0 Å². The second kappa shape index (κ2) is 6.87. The highest BCUT2D eigenvalue weighted by Gasteiger charge is 2.24. The minimum Gasteiger partial charge on any atom is -0.494 e. The van der Waals surface area contributed by atoms with Gasteiger partial charge in [-0.2, -0.15) is 0 Å². The van der Waals surface area contributed by atoms with Crippen molar-refractivity contribution in [2.45, 2.75) is 38.6 Å². The number of hydrogen-bond acceptors (Lipinski definition) is 2. The first-order valence-corrected chi connectivity index (χ1v) is 9.24. The van der Waals surface area contributed by atoms with Gasteiger partial charge in [0, 0.05) is 28.7 Å².